The largest absolute Gasteiger partial charge is 0.293 e. The van der Waals surface area contributed by atoms with E-state index < -0.39 is 0 Å². The van der Waals surface area contributed by atoms with Crippen LogP contribution in [0.5, 0.6) is 0 Å². The van der Waals surface area contributed by atoms with Gasteiger partial charge in [0, 0.05) is 24.2 Å². The summed E-state index contributed by atoms with van der Waals surface area (Å²) in [5, 5.41) is 0.687. The van der Waals surface area contributed by atoms with Crippen LogP contribution in [0, 0.1) is 0 Å². The van der Waals surface area contributed by atoms with Gasteiger partial charge >= 0.3 is 0 Å². The van der Waals surface area contributed by atoms with Crippen molar-refractivity contribution in [2.45, 2.75) is 25.8 Å². The summed E-state index contributed by atoms with van der Waals surface area (Å²) in [7, 11) is 0. The summed E-state index contributed by atoms with van der Waals surface area (Å²) in [6.45, 7) is 2.08. The first kappa shape index (κ1) is 12.3. The Balaban J connectivity index is 1.96. The monoisotopic (exact) mass is 277 g/mol. The third-order valence-electron chi connectivity index (χ3n) is 4.16. The molecular formula is C17H15N3O. The lowest BCUT2D eigenvalue weighted by Crippen LogP contribution is -2.23. The topological polar surface area (TPSA) is 47.8 Å². The van der Waals surface area contributed by atoms with Gasteiger partial charge in [0.05, 0.1) is 16.6 Å². The third-order valence-corrected chi connectivity index (χ3v) is 4.16. The molecule has 4 rings (SSSR count). The molecule has 0 saturated carbocycles. The van der Waals surface area contributed by atoms with E-state index >= 15 is 0 Å². The number of benzene rings is 1. The molecule has 1 unspecified atom stereocenters. The zero-order chi connectivity index (χ0) is 14.4. The van der Waals surface area contributed by atoms with Gasteiger partial charge < -0.3 is 0 Å². The molecule has 4 nitrogen and oxygen atoms in total. The highest BCUT2D eigenvalue weighted by molar-refractivity contribution is 5.83. The van der Waals surface area contributed by atoms with Crippen molar-refractivity contribution in [1.29, 1.82) is 0 Å². The van der Waals surface area contributed by atoms with Gasteiger partial charge in [0.2, 0.25) is 0 Å². The summed E-state index contributed by atoms with van der Waals surface area (Å²) in [6, 6.07) is 11.8. The minimum Gasteiger partial charge on any atom is -0.293 e. The number of hydrogen-bond acceptors (Lipinski definition) is 3. The van der Waals surface area contributed by atoms with Gasteiger partial charge in [0.1, 0.15) is 5.82 Å². The lowest BCUT2D eigenvalue weighted by atomic mass is 10.1. The Hall–Kier alpha value is -2.49. The van der Waals surface area contributed by atoms with Gasteiger partial charge in [0.15, 0.2) is 0 Å². The smallest absolute Gasteiger partial charge is 0.261 e. The van der Waals surface area contributed by atoms with Gasteiger partial charge in [-0.3, -0.25) is 14.3 Å². The Morgan fingerprint density at radius 1 is 1.24 bits per heavy atom. The van der Waals surface area contributed by atoms with Gasteiger partial charge in [-0.1, -0.05) is 12.1 Å². The van der Waals surface area contributed by atoms with E-state index in [2.05, 4.69) is 16.9 Å². The Kier molecular flexibility index (Phi) is 2.64. The fraction of sp³-hybridized carbons (Fsp3) is 0.235. The zero-order valence-corrected chi connectivity index (χ0v) is 11.8. The molecule has 0 aliphatic carbocycles. The van der Waals surface area contributed by atoms with Crippen LogP contribution in [-0.4, -0.2) is 14.5 Å². The van der Waals surface area contributed by atoms with E-state index in [4.69, 9.17) is 0 Å². The quantitative estimate of drug-likeness (QED) is 0.687. The molecule has 4 heteroatoms. The molecule has 0 saturated heterocycles. The van der Waals surface area contributed by atoms with Gasteiger partial charge in [-0.05, 0) is 37.6 Å². The second-order valence-electron chi connectivity index (χ2n) is 5.54. The second kappa shape index (κ2) is 4.52. The van der Waals surface area contributed by atoms with Crippen molar-refractivity contribution in [2.75, 3.05) is 0 Å². The highest BCUT2D eigenvalue weighted by atomic mass is 16.1. The minimum absolute atomic E-state index is 0.0765. The molecule has 21 heavy (non-hydrogen) atoms. The molecule has 0 amide bonds. The standard InChI is InChI=1S/C17H15N3O/c1-11-5-8-16-19-15-10-12(14-4-2-3-9-18-14)6-7-13(15)17(21)20(11)16/h2-4,6-7,9-11H,5,8H2,1H3. The van der Waals surface area contributed by atoms with E-state index in [0.29, 0.717) is 5.39 Å². The molecule has 1 aromatic carbocycles. The van der Waals surface area contributed by atoms with E-state index in [0.717, 1.165) is 35.4 Å². The SMILES string of the molecule is CC1CCc2nc3cc(-c4ccccn4)ccc3c(=O)n21. The summed E-state index contributed by atoms with van der Waals surface area (Å²) in [5.41, 5.74) is 2.73. The Morgan fingerprint density at radius 2 is 2.14 bits per heavy atom. The first-order chi connectivity index (χ1) is 10.2. The molecule has 1 aliphatic rings. The molecule has 3 heterocycles. The van der Waals surface area contributed by atoms with Gasteiger partial charge in [-0.15, -0.1) is 0 Å². The molecule has 104 valence electrons. The number of fused-ring (bicyclic) bond motifs is 2. The van der Waals surface area contributed by atoms with Gasteiger partial charge in [-0.25, -0.2) is 4.98 Å². The van der Waals surface area contributed by atoms with Crippen LogP contribution in [0.3, 0.4) is 0 Å². The predicted molar refractivity (Wildman–Crippen MR) is 82.3 cm³/mol. The fourth-order valence-corrected chi connectivity index (χ4v) is 3.04. The number of nitrogens with zero attached hydrogens (tertiary/aromatic N) is 3. The number of aryl methyl sites for hydroxylation is 1. The average molecular weight is 277 g/mol. The van der Waals surface area contributed by atoms with Crippen molar-refractivity contribution in [3.63, 3.8) is 0 Å². The lowest BCUT2D eigenvalue weighted by Gasteiger charge is -2.10. The van der Waals surface area contributed by atoms with Gasteiger partial charge in [-0.2, -0.15) is 0 Å². The third kappa shape index (κ3) is 1.87. The number of hydrogen-bond donors (Lipinski definition) is 0. The molecule has 0 fully saturated rings. The van der Waals surface area contributed by atoms with Crippen molar-refractivity contribution < 1.29 is 0 Å². The Labute approximate surface area is 122 Å². The summed E-state index contributed by atoms with van der Waals surface area (Å²) in [5.74, 6) is 0.901. The summed E-state index contributed by atoms with van der Waals surface area (Å²) < 4.78 is 1.84. The fourth-order valence-electron chi connectivity index (χ4n) is 3.04. The molecule has 1 aliphatic heterocycles. The highest BCUT2D eigenvalue weighted by Gasteiger charge is 2.22. The zero-order valence-electron chi connectivity index (χ0n) is 11.8. The molecular weight excluding hydrogens is 262 g/mol. The minimum atomic E-state index is 0.0765. The van der Waals surface area contributed by atoms with Crippen LogP contribution in [0.15, 0.2) is 47.4 Å². The summed E-state index contributed by atoms with van der Waals surface area (Å²) in [4.78, 5) is 21.6. The summed E-state index contributed by atoms with van der Waals surface area (Å²) in [6.07, 6.45) is 3.64. The van der Waals surface area contributed by atoms with Crippen LogP contribution < -0.4 is 5.56 Å². The van der Waals surface area contributed by atoms with Crippen molar-refractivity contribution in [3.05, 3.63) is 58.8 Å². The van der Waals surface area contributed by atoms with Crippen molar-refractivity contribution in [2.24, 2.45) is 0 Å². The van der Waals surface area contributed by atoms with Crippen LogP contribution >= 0.6 is 0 Å². The molecule has 3 aromatic rings. The lowest BCUT2D eigenvalue weighted by molar-refractivity contribution is 0.563. The van der Waals surface area contributed by atoms with Crippen LogP contribution in [-0.2, 0) is 6.42 Å². The molecule has 1 atom stereocenters. The molecule has 2 aromatic heterocycles. The first-order valence-electron chi connectivity index (χ1n) is 7.20. The predicted octanol–water partition coefficient (Wildman–Crippen LogP) is 2.97. The Bertz CT molecular complexity index is 884. The first-order valence-corrected chi connectivity index (χ1v) is 7.20. The van der Waals surface area contributed by atoms with Gasteiger partial charge in [0.25, 0.3) is 5.56 Å². The van der Waals surface area contributed by atoms with E-state index in [1.165, 1.54) is 0 Å². The molecule has 0 radical (unpaired) electrons. The molecule has 0 spiro atoms. The average Bonchev–Trinajstić information content (AvgIpc) is 2.89. The maximum absolute atomic E-state index is 12.6. The second-order valence-corrected chi connectivity index (χ2v) is 5.54. The maximum atomic E-state index is 12.6. The highest BCUT2D eigenvalue weighted by Crippen LogP contribution is 2.25. The normalized spacial score (nSPS) is 17.1. The van der Waals surface area contributed by atoms with Crippen molar-refractivity contribution >= 4 is 10.9 Å². The number of aromatic nitrogens is 3. The van der Waals surface area contributed by atoms with Crippen molar-refractivity contribution in [1.82, 2.24) is 14.5 Å². The Morgan fingerprint density at radius 3 is 2.95 bits per heavy atom. The van der Waals surface area contributed by atoms with Crippen LogP contribution in [0.1, 0.15) is 25.2 Å². The van der Waals surface area contributed by atoms with E-state index in [1.54, 1.807) is 6.20 Å². The van der Waals surface area contributed by atoms with Crippen molar-refractivity contribution in [3.8, 4) is 11.3 Å². The van der Waals surface area contributed by atoms with Crippen LogP contribution in [0.2, 0.25) is 0 Å². The van der Waals surface area contributed by atoms with E-state index in [-0.39, 0.29) is 11.6 Å². The number of rotatable bonds is 1. The molecule has 0 N–H and O–H groups in total. The van der Waals surface area contributed by atoms with Crippen LogP contribution in [0.4, 0.5) is 0 Å². The van der Waals surface area contributed by atoms with E-state index in [9.17, 15) is 4.79 Å². The van der Waals surface area contributed by atoms with E-state index in [1.807, 2.05) is 41.0 Å². The summed E-state index contributed by atoms with van der Waals surface area (Å²) >= 11 is 0. The number of pyridine rings is 1. The molecule has 0 bridgehead atoms. The van der Waals surface area contributed by atoms with Crippen LogP contribution in [0.25, 0.3) is 22.2 Å². The maximum Gasteiger partial charge on any atom is 0.261 e.